The van der Waals surface area contributed by atoms with Crippen LogP contribution >= 0.6 is 15.9 Å². The second kappa shape index (κ2) is 5.25. The van der Waals surface area contributed by atoms with Gasteiger partial charge in [0.05, 0.1) is 11.7 Å². The first-order valence-corrected chi connectivity index (χ1v) is 7.31. The lowest BCUT2D eigenvalue weighted by atomic mass is 10.0. The molecule has 0 saturated carbocycles. The van der Waals surface area contributed by atoms with E-state index >= 15 is 0 Å². The molecule has 1 aromatic carbocycles. The quantitative estimate of drug-likeness (QED) is 0.792. The van der Waals surface area contributed by atoms with Gasteiger partial charge < -0.3 is 9.64 Å². The fourth-order valence-corrected chi connectivity index (χ4v) is 2.96. The van der Waals surface area contributed by atoms with Crippen LogP contribution in [0.1, 0.15) is 36.7 Å². The van der Waals surface area contributed by atoms with Crippen molar-refractivity contribution in [2.24, 2.45) is 0 Å². The van der Waals surface area contributed by atoms with Crippen LogP contribution in [-0.2, 0) is 4.74 Å². The molecule has 1 amide bonds. The van der Waals surface area contributed by atoms with E-state index < -0.39 is 0 Å². The van der Waals surface area contributed by atoms with Gasteiger partial charge in [-0.1, -0.05) is 22.0 Å². The highest BCUT2D eigenvalue weighted by Crippen LogP contribution is 2.24. The maximum absolute atomic E-state index is 12.7. The van der Waals surface area contributed by atoms with Crippen molar-refractivity contribution in [3.8, 4) is 0 Å². The van der Waals surface area contributed by atoms with Gasteiger partial charge in [-0.25, -0.2) is 0 Å². The molecule has 1 aliphatic rings. The van der Waals surface area contributed by atoms with Gasteiger partial charge in [0.15, 0.2) is 0 Å². The predicted octanol–water partition coefficient (Wildman–Crippen LogP) is 3.40. The number of carbonyl (C=O) groups excluding carboxylic acids is 1. The SMILES string of the molecule is Cc1ccc(Br)cc1C(=O)N1CC(C)OC(C)(C)C1. The smallest absolute Gasteiger partial charge is 0.254 e. The Bertz CT molecular complexity index is 499. The summed E-state index contributed by atoms with van der Waals surface area (Å²) in [7, 11) is 0. The zero-order valence-electron chi connectivity index (χ0n) is 11.9. The van der Waals surface area contributed by atoms with E-state index in [0.29, 0.717) is 13.1 Å². The van der Waals surface area contributed by atoms with Crippen molar-refractivity contribution in [3.63, 3.8) is 0 Å². The number of morpholine rings is 1. The average Bonchev–Trinajstić information content (AvgIpc) is 2.29. The minimum absolute atomic E-state index is 0.0696. The Balaban J connectivity index is 2.26. The maximum atomic E-state index is 12.7. The largest absolute Gasteiger partial charge is 0.369 e. The summed E-state index contributed by atoms with van der Waals surface area (Å²) in [6.07, 6.45) is 0.0696. The van der Waals surface area contributed by atoms with Gasteiger partial charge in [0.25, 0.3) is 5.91 Å². The fourth-order valence-electron chi connectivity index (χ4n) is 2.60. The van der Waals surface area contributed by atoms with E-state index in [9.17, 15) is 4.79 Å². The van der Waals surface area contributed by atoms with Crippen molar-refractivity contribution in [1.82, 2.24) is 4.90 Å². The minimum atomic E-state index is -0.284. The lowest BCUT2D eigenvalue weighted by Gasteiger charge is -2.41. The Morgan fingerprint density at radius 1 is 1.47 bits per heavy atom. The Labute approximate surface area is 123 Å². The zero-order chi connectivity index (χ0) is 14.2. The monoisotopic (exact) mass is 325 g/mol. The Morgan fingerprint density at radius 3 is 2.79 bits per heavy atom. The summed E-state index contributed by atoms with van der Waals surface area (Å²) in [5, 5.41) is 0. The van der Waals surface area contributed by atoms with E-state index in [1.54, 1.807) is 0 Å². The lowest BCUT2D eigenvalue weighted by molar-refractivity contribution is -0.118. The van der Waals surface area contributed by atoms with E-state index in [-0.39, 0.29) is 17.6 Å². The van der Waals surface area contributed by atoms with Gasteiger partial charge >= 0.3 is 0 Å². The first kappa shape index (κ1) is 14.5. The van der Waals surface area contributed by atoms with E-state index in [1.165, 1.54) is 0 Å². The predicted molar refractivity (Wildman–Crippen MR) is 79.4 cm³/mol. The van der Waals surface area contributed by atoms with Crippen molar-refractivity contribution in [2.45, 2.75) is 39.4 Å². The fraction of sp³-hybridized carbons (Fsp3) is 0.533. The van der Waals surface area contributed by atoms with Crippen LogP contribution in [0.2, 0.25) is 0 Å². The van der Waals surface area contributed by atoms with Gasteiger partial charge in [0.1, 0.15) is 0 Å². The van der Waals surface area contributed by atoms with Gasteiger partial charge in [-0.2, -0.15) is 0 Å². The van der Waals surface area contributed by atoms with Crippen LogP contribution in [0.15, 0.2) is 22.7 Å². The molecule has 1 atom stereocenters. The highest BCUT2D eigenvalue weighted by Gasteiger charge is 2.34. The Hall–Kier alpha value is -0.870. The summed E-state index contributed by atoms with van der Waals surface area (Å²) < 4.78 is 6.77. The third-order valence-electron chi connectivity index (χ3n) is 3.29. The number of ether oxygens (including phenoxy) is 1. The number of nitrogens with zero attached hydrogens (tertiary/aromatic N) is 1. The number of benzene rings is 1. The second-order valence-corrected chi connectivity index (χ2v) is 6.75. The van der Waals surface area contributed by atoms with E-state index in [2.05, 4.69) is 15.9 Å². The van der Waals surface area contributed by atoms with Gasteiger partial charge in [0, 0.05) is 23.1 Å². The summed E-state index contributed by atoms with van der Waals surface area (Å²) >= 11 is 3.43. The second-order valence-electron chi connectivity index (χ2n) is 5.83. The molecular formula is C15H20BrNO2. The van der Waals surface area contributed by atoms with Crippen molar-refractivity contribution in [2.75, 3.05) is 13.1 Å². The number of rotatable bonds is 1. The van der Waals surface area contributed by atoms with Gasteiger partial charge in [-0.15, -0.1) is 0 Å². The summed E-state index contributed by atoms with van der Waals surface area (Å²) in [6, 6.07) is 5.81. The summed E-state index contributed by atoms with van der Waals surface area (Å²) in [5.41, 5.74) is 1.48. The van der Waals surface area contributed by atoms with Crippen molar-refractivity contribution < 1.29 is 9.53 Å². The molecule has 1 heterocycles. The Morgan fingerprint density at radius 2 is 2.16 bits per heavy atom. The topological polar surface area (TPSA) is 29.5 Å². The van der Waals surface area contributed by atoms with Crippen LogP contribution in [-0.4, -0.2) is 35.6 Å². The van der Waals surface area contributed by atoms with E-state index in [1.807, 2.05) is 50.8 Å². The van der Waals surface area contributed by atoms with E-state index in [4.69, 9.17) is 4.74 Å². The summed E-state index contributed by atoms with van der Waals surface area (Å²) in [4.78, 5) is 14.5. The molecule has 0 bridgehead atoms. The van der Waals surface area contributed by atoms with Gasteiger partial charge in [0.2, 0.25) is 0 Å². The van der Waals surface area contributed by atoms with Crippen LogP contribution in [0, 0.1) is 6.92 Å². The summed E-state index contributed by atoms with van der Waals surface area (Å²) in [6.45, 7) is 9.30. The van der Waals surface area contributed by atoms with Crippen LogP contribution < -0.4 is 0 Å². The first-order chi connectivity index (χ1) is 8.78. The molecule has 1 fully saturated rings. The molecule has 1 unspecified atom stereocenters. The lowest BCUT2D eigenvalue weighted by Crippen LogP contribution is -2.53. The van der Waals surface area contributed by atoms with Crippen molar-refractivity contribution in [1.29, 1.82) is 0 Å². The van der Waals surface area contributed by atoms with Crippen molar-refractivity contribution in [3.05, 3.63) is 33.8 Å². The molecule has 1 aliphatic heterocycles. The number of carbonyl (C=O) groups is 1. The normalized spacial score (nSPS) is 22.4. The number of amides is 1. The molecule has 0 radical (unpaired) electrons. The molecular weight excluding hydrogens is 306 g/mol. The standard InChI is InChI=1S/C15H20BrNO2/c1-10-5-6-12(16)7-13(10)14(18)17-8-11(2)19-15(3,4)9-17/h5-7,11H,8-9H2,1-4H3. The molecule has 104 valence electrons. The molecule has 0 N–H and O–H groups in total. The van der Waals surface area contributed by atoms with Gasteiger partial charge in [-0.05, 0) is 45.4 Å². The minimum Gasteiger partial charge on any atom is -0.369 e. The number of hydrogen-bond acceptors (Lipinski definition) is 2. The van der Waals surface area contributed by atoms with Gasteiger partial charge in [-0.3, -0.25) is 4.79 Å². The zero-order valence-corrected chi connectivity index (χ0v) is 13.5. The molecule has 4 heteroatoms. The number of aryl methyl sites for hydroxylation is 1. The Kier molecular flexibility index (Phi) is 4.02. The number of halogens is 1. The average molecular weight is 326 g/mol. The molecule has 19 heavy (non-hydrogen) atoms. The number of hydrogen-bond donors (Lipinski definition) is 0. The molecule has 3 nitrogen and oxygen atoms in total. The third kappa shape index (κ3) is 3.37. The van der Waals surface area contributed by atoms with Crippen LogP contribution in [0.5, 0.6) is 0 Å². The first-order valence-electron chi connectivity index (χ1n) is 6.52. The maximum Gasteiger partial charge on any atom is 0.254 e. The molecule has 0 aromatic heterocycles. The molecule has 0 spiro atoms. The van der Waals surface area contributed by atoms with Crippen LogP contribution in [0.4, 0.5) is 0 Å². The van der Waals surface area contributed by atoms with E-state index in [0.717, 1.165) is 15.6 Å². The van der Waals surface area contributed by atoms with Crippen LogP contribution in [0.25, 0.3) is 0 Å². The van der Waals surface area contributed by atoms with Crippen LogP contribution in [0.3, 0.4) is 0 Å². The highest BCUT2D eigenvalue weighted by atomic mass is 79.9. The molecule has 0 aliphatic carbocycles. The molecule has 1 aromatic rings. The summed E-state index contributed by atoms with van der Waals surface area (Å²) in [5.74, 6) is 0.0852. The molecule has 1 saturated heterocycles. The van der Waals surface area contributed by atoms with Crippen molar-refractivity contribution >= 4 is 21.8 Å². The highest BCUT2D eigenvalue weighted by molar-refractivity contribution is 9.10. The molecule has 2 rings (SSSR count). The third-order valence-corrected chi connectivity index (χ3v) is 3.78.